The van der Waals surface area contributed by atoms with Crippen LogP contribution in [0.1, 0.15) is 24.0 Å². The van der Waals surface area contributed by atoms with Gasteiger partial charge >= 0.3 is 12.0 Å². The van der Waals surface area contributed by atoms with E-state index in [0.717, 1.165) is 12.8 Å². The number of para-hydroxylation sites is 2. The highest BCUT2D eigenvalue weighted by Gasteiger charge is 2.23. The molecule has 31 heavy (non-hydrogen) atoms. The van der Waals surface area contributed by atoms with Crippen LogP contribution in [0.25, 0.3) is 0 Å². The minimum atomic E-state index is -4.04. The van der Waals surface area contributed by atoms with Gasteiger partial charge in [-0.2, -0.15) is 0 Å². The first-order valence-corrected chi connectivity index (χ1v) is 11.3. The van der Waals surface area contributed by atoms with Gasteiger partial charge in [0.05, 0.1) is 16.3 Å². The number of carbonyl (C=O) groups is 2. The van der Waals surface area contributed by atoms with E-state index in [2.05, 4.69) is 10.0 Å². The first-order valence-electron chi connectivity index (χ1n) is 9.81. The highest BCUT2D eigenvalue weighted by molar-refractivity contribution is 7.92. The first-order chi connectivity index (χ1) is 14.7. The van der Waals surface area contributed by atoms with Crippen molar-refractivity contribution in [3.8, 4) is 5.75 Å². The number of anilines is 2. The van der Waals surface area contributed by atoms with E-state index in [1.54, 1.807) is 49.1 Å². The number of carboxylic acids is 1. The van der Waals surface area contributed by atoms with Crippen molar-refractivity contribution in [2.75, 3.05) is 29.7 Å². The molecule has 0 aliphatic carbocycles. The number of urea groups is 1. The van der Waals surface area contributed by atoms with E-state index in [1.165, 1.54) is 6.07 Å². The van der Waals surface area contributed by atoms with Crippen LogP contribution in [0.2, 0.25) is 0 Å². The van der Waals surface area contributed by atoms with Crippen molar-refractivity contribution in [3.63, 3.8) is 0 Å². The molecule has 0 saturated carbocycles. The predicted octanol–water partition coefficient (Wildman–Crippen LogP) is 3.20. The minimum absolute atomic E-state index is 0.0424. The summed E-state index contributed by atoms with van der Waals surface area (Å²) < 4.78 is 34.0. The largest absolute Gasteiger partial charge is 0.481 e. The fraction of sp³-hybridized carbons (Fsp3) is 0.333. The quantitative estimate of drug-likeness (QED) is 0.599. The second kappa shape index (κ2) is 9.25. The number of ether oxygens (including phenoxy) is 1. The van der Waals surface area contributed by atoms with Crippen molar-refractivity contribution in [2.45, 2.75) is 31.6 Å². The van der Waals surface area contributed by atoms with Crippen LogP contribution in [0.15, 0.2) is 41.3 Å². The zero-order chi connectivity index (χ0) is 22.6. The van der Waals surface area contributed by atoms with Gasteiger partial charge in [-0.3, -0.25) is 4.72 Å². The molecule has 1 saturated heterocycles. The smallest absolute Gasteiger partial charge is 0.341 e. The number of aliphatic carboxylic acids is 1. The molecule has 0 bridgehead atoms. The van der Waals surface area contributed by atoms with Gasteiger partial charge in [0.25, 0.3) is 10.0 Å². The first kappa shape index (κ1) is 22.4. The lowest BCUT2D eigenvalue weighted by Gasteiger charge is -2.19. The van der Waals surface area contributed by atoms with Gasteiger partial charge in [-0.15, -0.1) is 0 Å². The summed E-state index contributed by atoms with van der Waals surface area (Å²) in [6, 6.07) is 9.25. The average Bonchev–Trinajstić information content (AvgIpc) is 3.23. The maximum atomic E-state index is 13.1. The predicted molar refractivity (Wildman–Crippen MR) is 116 cm³/mol. The van der Waals surface area contributed by atoms with Crippen LogP contribution in [-0.2, 0) is 14.8 Å². The Morgan fingerprint density at radius 2 is 1.71 bits per heavy atom. The van der Waals surface area contributed by atoms with Crippen LogP contribution in [0.4, 0.5) is 16.2 Å². The Labute approximate surface area is 181 Å². The Kier molecular flexibility index (Phi) is 6.69. The number of carbonyl (C=O) groups excluding carboxylic acids is 1. The van der Waals surface area contributed by atoms with Gasteiger partial charge in [-0.25, -0.2) is 18.0 Å². The van der Waals surface area contributed by atoms with Crippen LogP contribution in [-0.4, -0.2) is 50.1 Å². The number of aryl methyl sites for hydroxylation is 1. The zero-order valence-electron chi connectivity index (χ0n) is 17.3. The fourth-order valence-corrected chi connectivity index (χ4v) is 4.77. The van der Waals surface area contributed by atoms with Crippen LogP contribution in [0.3, 0.4) is 0 Å². The average molecular weight is 448 g/mol. The maximum Gasteiger partial charge on any atom is 0.341 e. The van der Waals surface area contributed by atoms with Crippen molar-refractivity contribution < 1.29 is 27.9 Å². The van der Waals surface area contributed by atoms with Gasteiger partial charge in [0.1, 0.15) is 5.75 Å². The fourth-order valence-electron chi connectivity index (χ4n) is 3.45. The number of hydrogen-bond donors (Lipinski definition) is 3. The molecule has 0 aromatic heterocycles. The van der Waals surface area contributed by atoms with Gasteiger partial charge in [-0.1, -0.05) is 18.2 Å². The standard InChI is InChI=1S/C21H25N3O6S/c1-14-9-10-18(15(2)20(14)30-13-19(25)26)31(28,29)23-17-8-4-3-7-16(17)22-21(27)24-11-5-6-12-24/h3-4,7-10,23H,5-6,11-13H2,1-2H3,(H,22,27)(H,25,26). The minimum Gasteiger partial charge on any atom is -0.481 e. The second-order valence-electron chi connectivity index (χ2n) is 7.29. The van der Waals surface area contributed by atoms with E-state index >= 15 is 0 Å². The number of hydrogen-bond acceptors (Lipinski definition) is 5. The Morgan fingerprint density at radius 3 is 2.35 bits per heavy atom. The molecular weight excluding hydrogens is 422 g/mol. The Morgan fingerprint density at radius 1 is 1.06 bits per heavy atom. The number of likely N-dealkylation sites (tertiary alicyclic amines) is 1. The summed E-state index contributed by atoms with van der Waals surface area (Å²) in [6.07, 6.45) is 1.89. The van der Waals surface area contributed by atoms with Crippen LogP contribution in [0, 0.1) is 13.8 Å². The van der Waals surface area contributed by atoms with Crippen molar-refractivity contribution in [3.05, 3.63) is 47.5 Å². The van der Waals surface area contributed by atoms with Gasteiger partial charge in [0.15, 0.2) is 6.61 Å². The number of nitrogens with zero attached hydrogens (tertiary/aromatic N) is 1. The van der Waals surface area contributed by atoms with Gasteiger partial charge in [-0.05, 0) is 50.5 Å². The Bertz CT molecular complexity index is 1090. The highest BCUT2D eigenvalue weighted by Crippen LogP contribution is 2.31. The molecule has 2 aromatic rings. The number of carboxylic acid groups (broad SMARTS) is 1. The topological polar surface area (TPSA) is 125 Å². The third-order valence-electron chi connectivity index (χ3n) is 4.99. The molecule has 3 rings (SSSR count). The molecule has 1 aliphatic rings. The van der Waals surface area contributed by atoms with Crippen LogP contribution in [0.5, 0.6) is 5.75 Å². The lowest BCUT2D eigenvalue weighted by atomic mass is 10.1. The van der Waals surface area contributed by atoms with E-state index in [4.69, 9.17) is 9.84 Å². The summed E-state index contributed by atoms with van der Waals surface area (Å²) in [7, 11) is -4.04. The number of amides is 2. The highest BCUT2D eigenvalue weighted by atomic mass is 32.2. The summed E-state index contributed by atoms with van der Waals surface area (Å²) in [6.45, 7) is 4.02. The van der Waals surface area contributed by atoms with Crippen LogP contribution < -0.4 is 14.8 Å². The summed E-state index contributed by atoms with van der Waals surface area (Å²) >= 11 is 0. The van der Waals surface area contributed by atoms with Crippen molar-refractivity contribution in [1.82, 2.24) is 4.90 Å². The number of nitrogens with one attached hydrogen (secondary N) is 2. The number of benzene rings is 2. The van der Waals surface area contributed by atoms with Gasteiger partial charge < -0.3 is 20.1 Å². The van der Waals surface area contributed by atoms with E-state index < -0.39 is 22.6 Å². The summed E-state index contributed by atoms with van der Waals surface area (Å²) in [5.74, 6) is -0.950. The number of sulfonamides is 1. The van der Waals surface area contributed by atoms with E-state index in [1.807, 2.05) is 0 Å². The molecule has 0 spiro atoms. The molecule has 0 atom stereocenters. The summed E-state index contributed by atoms with van der Waals surface area (Å²) in [4.78, 5) is 24.9. The van der Waals surface area contributed by atoms with E-state index in [-0.39, 0.29) is 22.4 Å². The SMILES string of the molecule is Cc1ccc(S(=O)(=O)Nc2ccccc2NC(=O)N2CCCC2)c(C)c1OCC(=O)O. The monoisotopic (exact) mass is 447 g/mol. The van der Waals surface area contributed by atoms with Crippen molar-refractivity contribution >= 4 is 33.4 Å². The molecule has 10 heteroatoms. The molecule has 2 aromatic carbocycles. The second-order valence-corrected chi connectivity index (χ2v) is 8.94. The molecule has 1 aliphatic heterocycles. The molecule has 3 N–H and O–H groups in total. The van der Waals surface area contributed by atoms with E-state index in [0.29, 0.717) is 29.9 Å². The van der Waals surface area contributed by atoms with Crippen molar-refractivity contribution in [2.24, 2.45) is 0 Å². The molecule has 0 radical (unpaired) electrons. The van der Waals surface area contributed by atoms with Gasteiger partial charge in [0.2, 0.25) is 0 Å². The molecule has 2 amide bonds. The third kappa shape index (κ3) is 5.26. The maximum absolute atomic E-state index is 13.1. The summed E-state index contributed by atoms with van der Waals surface area (Å²) in [5.41, 5.74) is 1.49. The Balaban J connectivity index is 1.87. The zero-order valence-corrected chi connectivity index (χ0v) is 18.2. The van der Waals surface area contributed by atoms with Gasteiger partial charge in [0, 0.05) is 18.7 Å². The molecule has 1 heterocycles. The molecular formula is C21H25N3O6S. The molecule has 0 unspecified atom stereocenters. The number of rotatable bonds is 7. The van der Waals surface area contributed by atoms with Crippen LogP contribution >= 0.6 is 0 Å². The van der Waals surface area contributed by atoms with Crippen molar-refractivity contribution in [1.29, 1.82) is 0 Å². The van der Waals surface area contributed by atoms with E-state index in [9.17, 15) is 18.0 Å². The third-order valence-corrected chi connectivity index (χ3v) is 6.50. The molecule has 166 valence electrons. The lowest BCUT2D eigenvalue weighted by Crippen LogP contribution is -2.32. The molecule has 9 nitrogen and oxygen atoms in total. The normalized spacial score (nSPS) is 13.7. The summed E-state index contributed by atoms with van der Waals surface area (Å²) in [5, 5.41) is 11.6. The Hall–Kier alpha value is -3.27. The lowest BCUT2D eigenvalue weighted by molar-refractivity contribution is -0.139. The molecule has 1 fully saturated rings.